The van der Waals surface area contributed by atoms with Crippen LogP contribution in [-0.2, 0) is 0 Å². The molecule has 0 saturated heterocycles. The molecule has 92 valence electrons. The Balaban J connectivity index is 2.29. The van der Waals surface area contributed by atoms with Gasteiger partial charge in [-0.1, -0.05) is 13.8 Å². The van der Waals surface area contributed by atoms with Crippen LogP contribution in [0.25, 0.3) is 0 Å². The fourth-order valence-corrected chi connectivity index (χ4v) is 1.97. The summed E-state index contributed by atoms with van der Waals surface area (Å²) in [5.74, 6) is 0.690. The lowest BCUT2D eigenvalue weighted by Crippen LogP contribution is -2.44. The van der Waals surface area contributed by atoms with Crippen LogP contribution >= 0.6 is 0 Å². The largest absolute Gasteiger partial charge is 0.306 e. The average molecular weight is 223 g/mol. The average Bonchev–Trinajstić information content (AvgIpc) is 2.98. The highest BCUT2D eigenvalue weighted by molar-refractivity contribution is 5.07. The summed E-state index contributed by atoms with van der Waals surface area (Å²) in [6.07, 6.45) is 3.38. The molecule has 1 aliphatic rings. The van der Waals surface area contributed by atoms with E-state index in [1.54, 1.807) is 0 Å². The number of nitrogens with zero attached hydrogens (tertiary/aromatic N) is 2. The SMILES string of the molecule is CC(C)CN(C)CCC(C)(C#N)NC1CC1. The van der Waals surface area contributed by atoms with E-state index in [1.165, 1.54) is 12.8 Å². The number of hydrogen-bond acceptors (Lipinski definition) is 3. The maximum absolute atomic E-state index is 9.23. The van der Waals surface area contributed by atoms with E-state index in [1.807, 2.05) is 6.92 Å². The molecule has 1 N–H and O–H groups in total. The van der Waals surface area contributed by atoms with Gasteiger partial charge < -0.3 is 4.90 Å². The summed E-state index contributed by atoms with van der Waals surface area (Å²) in [7, 11) is 2.13. The molecule has 3 nitrogen and oxygen atoms in total. The molecule has 0 aromatic heterocycles. The first-order valence-corrected chi connectivity index (χ1v) is 6.32. The van der Waals surface area contributed by atoms with E-state index in [2.05, 4.69) is 37.2 Å². The van der Waals surface area contributed by atoms with Gasteiger partial charge in [0.05, 0.1) is 6.07 Å². The Morgan fingerprint density at radius 3 is 2.56 bits per heavy atom. The van der Waals surface area contributed by atoms with Crippen molar-refractivity contribution in [3.05, 3.63) is 0 Å². The maximum Gasteiger partial charge on any atom is 0.105 e. The maximum atomic E-state index is 9.23. The van der Waals surface area contributed by atoms with Crippen LogP contribution in [0, 0.1) is 17.2 Å². The Hall–Kier alpha value is -0.590. The highest BCUT2D eigenvalue weighted by atomic mass is 15.1. The van der Waals surface area contributed by atoms with Crippen LogP contribution in [0.3, 0.4) is 0 Å². The molecule has 0 amide bonds. The van der Waals surface area contributed by atoms with Crippen LogP contribution < -0.4 is 5.32 Å². The minimum Gasteiger partial charge on any atom is -0.306 e. The summed E-state index contributed by atoms with van der Waals surface area (Å²) in [5, 5.41) is 12.7. The lowest BCUT2D eigenvalue weighted by atomic mass is 9.99. The topological polar surface area (TPSA) is 39.1 Å². The Bertz CT molecular complexity index is 252. The van der Waals surface area contributed by atoms with E-state index in [0.717, 1.165) is 19.5 Å². The molecule has 0 aliphatic heterocycles. The minimum absolute atomic E-state index is 0.341. The van der Waals surface area contributed by atoms with Gasteiger partial charge in [0.1, 0.15) is 5.54 Å². The summed E-state index contributed by atoms with van der Waals surface area (Å²) in [5.41, 5.74) is -0.341. The molecule has 0 heterocycles. The Morgan fingerprint density at radius 2 is 2.12 bits per heavy atom. The van der Waals surface area contributed by atoms with Crippen molar-refractivity contribution in [1.82, 2.24) is 10.2 Å². The van der Waals surface area contributed by atoms with E-state index >= 15 is 0 Å². The molecule has 0 bridgehead atoms. The quantitative estimate of drug-likeness (QED) is 0.717. The number of rotatable bonds is 7. The van der Waals surface area contributed by atoms with Crippen molar-refractivity contribution >= 4 is 0 Å². The van der Waals surface area contributed by atoms with Crippen molar-refractivity contribution in [2.75, 3.05) is 20.1 Å². The first-order chi connectivity index (χ1) is 7.45. The number of nitriles is 1. The Labute approximate surface area is 99.8 Å². The molecule has 1 unspecified atom stereocenters. The van der Waals surface area contributed by atoms with Gasteiger partial charge in [-0.3, -0.25) is 5.32 Å². The molecule has 1 rings (SSSR count). The standard InChI is InChI=1S/C13H25N3/c1-11(2)9-16(4)8-7-13(3,10-14)15-12-5-6-12/h11-12,15H,5-9H2,1-4H3. The van der Waals surface area contributed by atoms with Gasteiger partial charge >= 0.3 is 0 Å². The lowest BCUT2D eigenvalue weighted by molar-refractivity contribution is 0.262. The zero-order valence-corrected chi connectivity index (χ0v) is 11.1. The highest BCUT2D eigenvalue weighted by Crippen LogP contribution is 2.23. The summed E-state index contributed by atoms with van der Waals surface area (Å²) >= 11 is 0. The molecule has 0 aromatic rings. The second-order valence-corrected chi connectivity index (χ2v) is 5.77. The van der Waals surface area contributed by atoms with Crippen LogP contribution in [0.15, 0.2) is 0 Å². The second-order valence-electron chi connectivity index (χ2n) is 5.77. The molecule has 1 saturated carbocycles. The third-order valence-corrected chi connectivity index (χ3v) is 3.02. The number of nitrogens with one attached hydrogen (secondary N) is 1. The molecule has 0 aromatic carbocycles. The zero-order chi connectivity index (χ0) is 12.2. The first kappa shape index (κ1) is 13.5. The van der Waals surface area contributed by atoms with Crippen molar-refractivity contribution in [1.29, 1.82) is 5.26 Å². The van der Waals surface area contributed by atoms with Crippen LogP contribution in [0.1, 0.15) is 40.0 Å². The van der Waals surface area contributed by atoms with Crippen molar-refractivity contribution in [2.24, 2.45) is 5.92 Å². The van der Waals surface area contributed by atoms with Crippen molar-refractivity contribution in [3.63, 3.8) is 0 Å². The fourth-order valence-electron chi connectivity index (χ4n) is 1.97. The molecule has 1 atom stereocenters. The van der Waals surface area contributed by atoms with E-state index < -0.39 is 0 Å². The van der Waals surface area contributed by atoms with E-state index in [0.29, 0.717) is 12.0 Å². The Morgan fingerprint density at radius 1 is 1.50 bits per heavy atom. The van der Waals surface area contributed by atoms with Crippen molar-refractivity contribution in [2.45, 2.75) is 51.6 Å². The summed E-state index contributed by atoms with van der Waals surface area (Å²) < 4.78 is 0. The number of hydrogen-bond donors (Lipinski definition) is 1. The fraction of sp³-hybridized carbons (Fsp3) is 0.923. The molecule has 1 fully saturated rings. The third-order valence-electron chi connectivity index (χ3n) is 3.02. The van der Waals surface area contributed by atoms with Crippen LogP contribution in [0.2, 0.25) is 0 Å². The minimum atomic E-state index is -0.341. The van der Waals surface area contributed by atoms with Gasteiger partial charge in [-0.05, 0) is 39.2 Å². The van der Waals surface area contributed by atoms with Crippen molar-refractivity contribution in [3.8, 4) is 6.07 Å². The molecule has 0 spiro atoms. The van der Waals surface area contributed by atoms with E-state index in [-0.39, 0.29) is 5.54 Å². The summed E-state index contributed by atoms with van der Waals surface area (Å²) in [6, 6.07) is 3.02. The molecule has 3 heteroatoms. The van der Waals surface area contributed by atoms with Gasteiger partial charge in [-0.15, -0.1) is 0 Å². The van der Waals surface area contributed by atoms with Crippen LogP contribution in [0.5, 0.6) is 0 Å². The van der Waals surface area contributed by atoms with Gasteiger partial charge in [0.25, 0.3) is 0 Å². The molecular weight excluding hydrogens is 198 g/mol. The third kappa shape index (κ3) is 4.96. The predicted octanol–water partition coefficient (Wildman–Crippen LogP) is 2.00. The lowest BCUT2D eigenvalue weighted by Gasteiger charge is -2.27. The molecule has 16 heavy (non-hydrogen) atoms. The van der Waals surface area contributed by atoms with Crippen LogP contribution in [-0.4, -0.2) is 36.6 Å². The monoisotopic (exact) mass is 223 g/mol. The van der Waals surface area contributed by atoms with E-state index in [9.17, 15) is 5.26 Å². The predicted molar refractivity (Wildman–Crippen MR) is 67.1 cm³/mol. The van der Waals surface area contributed by atoms with Gasteiger partial charge in [-0.25, -0.2) is 0 Å². The van der Waals surface area contributed by atoms with E-state index in [4.69, 9.17) is 0 Å². The van der Waals surface area contributed by atoms with Crippen LogP contribution in [0.4, 0.5) is 0 Å². The summed E-state index contributed by atoms with van der Waals surface area (Å²) in [6.45, 7) is 8.56. The smallest absolute Gasteiger partial charge is 0.105 e. The molecular formula is C13H25N3. The van der Waals surface area contributed by atoms with Gasteiger partial charge in [0.2, 0.25) is 0 Å². The second kappa shape index (κ2) is 5.65. The van der Waals surface area contributed by atoms with Gasteiger partial charge in [0, 0.05) is 19.1 Å². The Kier molecular flexibility index (Phi) is 4.76. The summed E-state index contributed by atoms with van der Waals surface area (Å²) in [4.78, 5) is 2.31. The first-order valence-electron chi connectivity index (χ1n) is 6.32. The highest BCUT2D eigenvalue weighted by Gasteiger charge is 2.32. The normalized spacial score (nSPS) is 19.8. The van der Waals surface area contributed by atoms with Gasteiger partial charge in [-0.2, -0.15) is 5.26 Å². The molecule has 1 aliphatic carbocycles. The molecule has 0 radical (unpaired) electrons. The zero-order valence-electron chi connectivity index (χ0n) is 11.1. The van der Waals surface area contributed by atoms with Crippen molar-refractivity contribution < 1.29 is 0 Å². The van der Waals surface area contributed by atoms with Gasteiger partial charge in [0.15, 0.2) is 0 Å².